The Morgan fingerprint density at radius 3 is 2.42 bits per heavy atom. The summed E-state index contributed by atoms with van der Waals surface area (Å²) in [5, 5.41) is 2.02. The maximum atomic E-state index is 12.6. The lowest BCUT2D eigenvalue weighted by molar-refractivity contribution is 0.600. The highest BCUT2D eigenvalue weighted by Gasteiger charge is 2.18. The van der Waals surface area contributed by atoms with Gasteiger partial charge in [0.05, 0.1) is 4.90 Å². The van der Waals surface area contributed by atoms with Gasteiger partial charge in [0.15, 0.2) is 0 Å². The first-order valence-electron chi connectivity index (χ1n) is 6.72. The van der Waals surface area contributed by atoms with Gasteiger partial charge < -0.3 is 0 Å². The number of hydrogen-bond acceptors (Lipinski definition) is 4. The number of halogens is 2. The van der Waals surface area contributed by atoms with E-state index < -0.39 is 10.0 Å². The van der Waals surface area contributed by atoms with Crippen molar-refractivity contribution in [3.63, 3.8) is 0 Å². The van der Waals surface area contributed by atoms with Crippen molar-refractivity contribution in [2.75, 3.05) is 4.72 Å². The minimum absolute atomic E-state index is 0.0164. The van der Waals surface area contributed by atoms with Crippen molar-refractivity contribution in [2.45, 2.75) is 4.90 Å². The summed E-state index contributed by atoms with van der Waals surface area (Å²) in [5.74, 6) is -0.0835. The molecule has 6 nitrogen and oxygen atoms in total. The van der Waals surface area contributed by atoms with Gasteiger partial charge in [-0.2, -0.15) is 0 Å². The van der Waals surface area contributed by atoms with Gasteiger partial charge in [0.1, 0.15) is 0 Å². The van der Waals surface area contributed by atoms with Crippen LogP contribution in [-0.4, -0.2) is 18.0 Å². The van der Waals surface area contributed by atoms with E-state index in [9.17, 15) is 13.2 Å². The molecular formula is C15H11Cl2N3O3S. The summed E-state index contributed by atoms with van der Waals surface area (Å²) in [6.45, 7) is 0. The van der Waals surface area contributed by atoms with Crippen molar-refractivity contribution in [1.29, 1.82) is 0 Å². The van der Waals surface area contributed by atoms with Crippen LogP contribution in [0.25, 0.3) is 10.8 Å². The highest BCUT2D eigenvalue weighted by Crippen LogP contribution is 2.31. The van der Waals surface area contributed by atoms with Gasteiger partial charge in [0, 0.05) is 40.1 Å². The van der Waals surface area contributed by atoms with E-state index >= 15 is 0 Å². The second-order valence-corrected chi connectivity index (χ2v) is 7.50. The zero-order valence-electron chi connectivity index (χ0n) is 12.3. The molecule has 24 heavy (non-hydrogen) atoms. The van der Waals surface area contributed by atoms with E-state index in [1.807, 2.05) is 0 Å². The summed E-state index contributed by atoms with van der Waals surface area (Å²) in [7, 11) is -2.53. The van der Waals surface area contributed by atoms with E-state index in [2.05, 4.69) is 9.71 Å². The summed E-state index contributed by atoms with van der Waals surface area (Å²) in [4.78, 5) is 15.4. The lowest BCUT2D eigenvalue weighted by Crippen LogP contribution is -2.24. The van der Waals surface area contributed by atoms with Crippen LogP contribution < -0.4 is 10.3 Å². The van der Waals surface area contributed by atoms with Crippen LogP contribution in [0.4, 0.5) is 5.95 Å². The summed E-state index contributed by atoms with van der Waals surface area (Å²) >= 11 is 12.2. The second kappa shape index (κ2) is 6.08. The molecule has 0 saturated carbocycles. The summed E-state index contributed by atoms with van der Waals surface area (Å²) in [6, 6.07) is 8.88. The lowest BCUT2D eigenvalue weighted by atomic mass is 10.1. The number of nitrogens with one attached hydrogen (secondary N) is 1. The van der Waals surface area contributed by atoms with E-state index in [0.29, 0.717) is 20.8 Å². The van der Waals surface area contributed by atoms with E-state index in [1.54, 1.807) is 18.2 Å². The van der Waals surface area contributed by atoms with Gasteiger partial charge in [-0.3, -0.25) is 9.36 Å². The molecule has 0 bridgehead atoms. The SMILES string of the molecule is Cn1c(NS(=O)(=O)c2ccc3c(Cl)ccc(Cl)c3c2)nccc1=O. The molecule has 1 aromatic heterocycles. The molecule has 1 N–H and O–H groups in total. The quantitative estimate of drug-likeness (QED) is 0.753. The number of hydrogen-bond donors (Lipinski definition) is 1. The molecule has 3 rings (SSSR count). The zero-order valence-corrected chi connectivity index (χ0v) is 14.7. The molecular weight excluding hydrogens is 373 g/mol. The van der Waals surface area contributed by atoms with Gasteiger partial charge in [-0.05, 0) is 24.3 Å². The van der Waals surface area contributed by atoms with E-state index in [-0.39, 0.29) is 16.4 Å². The highest BCUT2D eigenvalue weighted by molar-refractivity contribution is 7.92. The predicted molar refractivity (Wildman–Crippen MR) is 94.3 cm³/mol. The molecule has 0 saturated heterocycles. The first-order chi connectivity index (χ1) is 11.3. The first-order valence-corrected chi connectivity index (χ1v) is 8.96. The van der Waals surface area contributed by atoms with Crippen LogP contribution >= 0.6 is 23.2 Å². The van der Waals surface area contributed by atoms with Crippen molar-refractivity contribution < 1.29 is 8.42 Å². The lowest BCUT2D eigenvalue weighted by Gasteiger charge is -2.11. The molecule has 0 aliphatic heterocycles. The first kappa shape index (κ1) is 16.8. The van der Waals surface area contributed by atoms with Crippen LogP contribution in [0.2, 0.25) is 10.0 Å². The molecule has 0 aliphatic rings. The van der Waals surface area contributed by atoms with Crippen LogP contribution in [0.15, 0.2) is 52.3 Å². The Morgan fingerprint density at radius 2 is 1.71 bits per heavy atom. The maximum absolute atomic E-state index is 12.6. The maximum Gasteiger partial charge on any atom is 0.264 e. The third kappa shape index (κ3) is 2.98. The summed E-state index contributed by atoms with van der Waals surface area (Å²) in [6.07, 6.45) is 1.23. The topological polar surface area (TPSA) is 81.1 Å². The Morgan fingerprint density at radius 1 is 1.04 bits per heavy atom. The average Bonchev–Trinajstić information content (AvgIpc) is 2.55. The Hall–Kier alpha value is -2.09. The number of fused-ring (bicyclic) bond motifs is 1. The Labute approximate surface area is 147 Å². The standard InChI is InChI=1S/C15H11Cl2N3O3S/c1-20-14(21)6-7-18-15(20)19-24(22,23)9-2-3-10-11(8-9)13(17)5-4-12(10)16/h2-8H,1H3,(H,18,19). The van der Waals surface area contributed by atoms with Crippen molar-refractivity contribution in [1.82, 2.24) is 9.55 Å². The molecule has 9 heteroatoms. The monoisotopic (exact) mass is 383 g/mol. The summed E-state index contributed by atoms with van der Waals surface area (Å²) in [5.41, 5.74) is -0.379. The molecule has 3 aromatic rings. The van der Waals surface area contributed by atoms with Crippen LogP contribution in [0, 0.1) is 0 Å². The Bertz CT molecular complexity index is 1110. The molecule has 0 fully saturated rings. The molecule has 0 aliphatic carbocycles. The van der Waals surface area contributed by atoms with Crippen molar-refractivity contribution in [3.8, 4) is 0 Å². The molecule has 0 amide bonds. The third-order valence-electron chi connectivity index (χ3n) is 3.48. The second-order valence-electron chi connectivity index (χ2n) is 5.01. The molecule has 0 atom stereocenters. The van der Waals surface area contributed by atoms with Gasteiger partial charge in [-0.25, -0.2) is 18.1 Å². The minimum Gasteiger partial charge on any atom is -0.281 e. The predicted octanol–water partition coefficient (Wildman–Crippen LogP) is 3.04. The van der Waals surface area contributed by atoms with Gasteiger partial charge >= 0.3 is 0 Å². The van der Waals surface area contributed by atoms with Crippen molar-refractivity contribution in [3.05, 3.63) is 63.0 Å². The zero-order chi connectivity index (χ0) is 17.5. The fourth-order valence-electron chi connectivity index (χ4n) is 2.17. The third-order valence-corrected chi connectivity index (χ3v) is 5.46. The number of aromatic nitrogens is 2. The molecule has 0 spiro atoms. The number of anilines is 1. The van der Waals surface area contributed by atoms with Crippen molar-refractivity contribution >= 4 is 49.9 Å². The van der Waals surface area contributed by atoms with Gasteiger partial charge in [-0.15, -0.1) is 0 Å². The number of sulfonamides is 1. The molecule has 0 unspecified atom stereocenters. The number of nitrogens with zero attached hydrogens (tertiary/aromatic N) is 2. The molecule has 0 radical (unpaired) electrons. The van der Waals surface area contributed by atoms with Crippen LogP contribution in [0.3, 0.4) is 0 Å². The van der Waals surface area contributed by atoms with Crippen LogP contribution in [0.5, 0.6) is 0 Å². The minimum atomic E-state index is -3.95. The van der Waals surface area contributed by atoms with Gasteiger partial charge in [-0.1, -0.05) is 29.3 Å². The number of benzene rings is 2. The largest absolute Gasteiger partial charge is 0.281 e. The normalized spacial score (nSPS) is 11.6. The molecule has 1 heterocycles. The molecule has 2 aromatic carbocycles. The van der Waals surface area contributed by atoms with E-state index in [4.69, 9.17) is 23.2 Å². The average molecular weight is 384 g/mol. The van der Waals surface area contributed by atoms with Gasteiger partial charge in [0.25, 0.3) is 15.6 Å². The Balaban J connectivity index is 2.10. The fraction of sp³-hybridized carbons (Fsp3) is 0.0667. The number of rotatable bonds is 3. The van der Waals surface area contributed by atoms with Crippen LogP contribution in [0.1, 0.15) is 0 Å². The van der Waals surface area contributed by atoms with Gasteiger partial charge in [0.2, 0.25) is 5.95 Å². The van der Waals surface area contributed by atoms with Crippen LogP contribution in [-0.2, 0) is 17.1 Å². The van der Waals surface area contributed by atoms with Crippen molar-refractivity contribution in [2.24, 2.45) is 7.05 Å². The van der Waals surface area contributed by atoms with E-state index in [1.165, 1.54) is 31.4 Å². The summed E-state index contributed by atoms with van der Waals surface area (Å²) < 4.78 is 28.5. The Kier molecular flexibility index (Phi) is 4.25. The highest BCUT2D eigenvalue weighted by atomic mass is 35.5. The fourth-order valence-corrected chi connectivity index (χ4v) is 3.69. The molecule has 124 valence electrons. The van der Waals surface area contributed by atoms with E-state index in [0.717, 1.165) is 4.57 Å². The smallest absolute Gasteiger partial charge is 0.264 e.